The molecule has 1 unspecified atom stereocenters. The molecule has 2 aliphatic rings. The van der Waals surface area contributed by atoms with Gasteiger partial charge >= 0.3 is 0 Å². The van der Waals surface area contributed by atoms with Gasteiger partial charge in [-0.1, -0.05) is 12.8 Å². The van der Waals surface area contributed by atoms with Crippen LogP contribution < -0.4 is 5.32 Å². The van der Waals surface area contributed by atoms with E-state index in [0.717, 1.165) is 12.0 Å². The highest BCUT2D eigenvalue weighted by Crippen LogP contribution is 2.31. The molecule has 0 radical (unpaired) electrons. The van der Waals surface area contributed by atoms with E-state index in [1.165, 1.54) is 71.2 Å². The van der Waals surface area contributed by atoms with Gasteiger partial charge in [0, 0.05) is 32.2 Å². The molecule has 3 nitrogen and oxygen atoms in total. The predicted octanol–water partition coefficient (Wildman–Crippen LogP) is 1.79. The van der Waals surface area contributed by atoms with Crippen molar-refractivity contribution in [2.45, 2.75) is 44.6 Å². The van der Waals surface area contributed by atoms with E-state index in [2.05, 4.69) is 29.2 Å². The summed E-state index contributed by atoms with van der Waals surface area (Å²) in [4.78, 5) is 5.10. The van der Waals surface area contributed by atoms with Crippen molar-refractivity contribution in [3.8, 4) is 0 Å². The Balaban J connectivity index is 1.68. The average molecular weight is 253 g/mol. The van der Waals surface area contributed by atoms with E-state index in [0.29, 0.717) is 0 Å². The number of nitrogens with one attached hydrogen (secondary N) is 1. The van der Waals surface area contributed by atoms with Crippen LogP contribution in [0.2, 0.25) is 0 Å². The molecule has 0 spiro atoms. The summed E-state index contributed by atoms with van der Waals surface area (Å²) < 4.78 is 0. The fourth-order valence-electron chi connectivity index (χ4n) is 3.72. The minimum Gasteiger partial charge on any atom is -0.314 e. The molecule has 0 aromatic rings. The van der Waals surface area contributed by atoms with Crippen molar-refractivity contribution in [1.29, 1.82) is 0 Å². The van der Waals surface area contributed by atoms with Gasteiger partial charge in [-0.2, -0.15) is 0 Å². The van der Waals surface area contributed by atoms with Gasteiger partial charge in [-0.3, -0.25) is 0 Å². The molecule has 1 aliphatic heterocycles. The van der Waals surface area contributed by atoms with Crippen molar-refractivity contribution in [3.05, 3.63) is 0 Å². The van der Waals surface area contributed by atoms with Crippen LogP contribution in [0.4, 0.5) is 0 Å². The molecule has 1 heterocycles. The lowest BCUT2D eigenvalue weighted by atomic mass is 9.93. The highest BCUT2D eigenvalue weighted by molar-refractivity contribution is 4.81. The van der Waals surface area contributed by atoms with Gasteiger partial charge in [0.25, 0.3) is 0 Å². The Kier molecular flexibility index (Phi) is 5.93. The summed E-state index contributed by atoms with van der Waals surface area (Å²) in [6.45, 7) is 6.16. The second kappa shape index (κ2) is 7.46. The van der Waals surface area contributed by atoms with Crippen LogP contribution in [0.3, 0.4) is 0 Å². The van der Waals surface area contributed by atoms with E-state index < -0.39 is 0 Å². The molecule has 1 saturated carbocycles. The van der Waals surface area contributed by atoms with Gasteiger partial charge in [-0.15, -0.1) is 0 Å². The Bertz CT molecular complexity index is 218. The van der Waals surface area contributed by atoms with E-state index >= 15 is 0 Å². The van der Waals surface area contributed by atoms with Gasteiger partial charge in [0.15, 0.2) is 0 Å². The summed E-state index contributed by atoms with van der Waals surface area (Å²) in [5, 5.41) is 3.43. The molecule has 0 amide bonds. The number of nitrogens with zero attached hydrogens (tertiary/aromatic N) is 2. The standard InChI is InChI=1S/C15H31N3/c1-17(2)15(14-6-3-4-7-14)8-5-11-18-12-9-16-10-13-18/h14-16H,3-13H2,1-2H3. The third kappa shape index (κ3) is 4.22. The Morgan fingerprint density at radius 3 is 2.44 bits per heavy atom. The monoisotopic (exact) mass is 253 g/mol. The summed E-state index contributed by atoms with van der Waals surface area (Å²) in [7, 11) is 4.54. The Labute approximate surface area is 113 Å². The van der Waals surface area contributed by atoms with Crippen LogP contribution in [-0.4, -0.2) is 62.7 Å². The summed E-state index contributed by atoms with van der Waals surface area (Å²) in [6, 6.07) is 0.829. The van der Waals surface area contributed by atoms with Crippen molar-refractivity contribution in [1.82, 2.24) is 15.1 Å². The smallest absolute Gasteiger partial charge is 0.0118 e. The van der Waals surface area contributed by atoms with Gasteiger partial charge in [0.1, 0.15) is 0 Å². The van der Waals surface area contributed by atoms with Gasteiger partial charge in [-0.25, -0.2) is 0 Å². The second-order valence-electron chi connectivity index (χ2n) is 6.31. The number of piperazine rings is 1. The number of hydrogen-bond donors (Lipinski definition) is 1. The van der Waals surface area contributed by atoms with Crippen LogP contribution in [0.1, 0.15) is 38.5 Å². The summed E-state index contributed by atoms with van der Waals surface area (Å²) in [5.41, 5.74) is 0. The zero-order chi connectivity index (χ0) is 12.8. The largest absolute Gasteiger partial charge is 0.314 e. The minimum absolute atomic E-state index is 0.829. The molecule has 0 bridgehead atoms. The van der Waals surface area contributed by atoms with Crippen molar-refractivity contribution < 1.29 is 0 Å². The predicted molar refractivity (Wildman–Crippen MR) is 78.0 cm³/mol. The van der Waals surface area contributed by atoms with Crippen LogP contribution in [0.5, 0.6) is 0 Å². The van der Waals surface area contributed by atoms with Crippen LogP contribution in [0.25, 0.3) is 0 Å². The highest BCUT2D eigenvalue weighted by Gasteiger charge is 2.26. The van der Waals surface area contributed by atoms with Crippen LogP contribution in [0, 0.1) is 5.92 Å². The van der Waals surface area contributed by atoms with E-state index in [1.807, 2.05) is 0 Å². The van der Waals surface area contributed by atoms with Crippen molar-refractivity contribution in [2.24, 2.45) is 5.92 Å². The van der Waals surface area contributed by atoms with E-state index in [9.17, 15) is 0 Å². The van der Waals surface area contributed by atoms with E-state index in [4.69, 9.17) is 0 Å². The maximum absolute atomic E-state index is 3.43. The van der Waals surface area contributed by atoms with Crippen molar-refractivity contribution >= 4 is 0 Å². The molecule has 1 N–H and O–H groups in total. The van der Waals surface area contributed by atoms with Gasteiger partial charge in [-0.05, 0) is 52.2 Å². The number of hydrogen-bond acceptors (Lipinski definition) is 3. The van der Waals surface area contributed by atoms with Gasteiger partial charge < -0.3 is 15.1 Å². The summed E-state index contributed by atoms with van der Waals surface area (Å²) >= 11 is 0. The van der Waals surface area contributed by atoms with Gasteiger partial charge in [0.2, 0.25) is 0 Å². The van der Waals surface area contributed by atoms with Crippen molar-refractivity contribution in [3.63, 3.8) is 0 Å². The first-order valence-electron chi connectivity index (χ1n) is 7.87. The van der Waals surface area contributed by atoms with Crippen LogP contribution >= 0.6 is 0 Å². The molecule has 0 aromatic heterocycles. The third-order valence-electron chi connectivity index (χ3n) is 4.79. The SMILES string of the molecule is CN(C)C(CCCN1CCNCC1)C1CCCC1. The van der Waals surface area contributed by atoms with E-state index in [-0.39, 0.29) is 0 Å². The molecule has 1 aliphatic carbocycles. The first-order chi connectivity index (χ1) is 8.77. The Morgan fingerprint density at radius 2 is 1.83 bits per heavy atom. The highest BCUT2D eigenvalue weighted by atomic mass is 15.2. The molecule has 1 atom stereocenters. The molecular weight excluding hydrogens is 222 g/mol. The molecule has 0 aromatic carbocycles. The molecule has 3 heteroatoms. The Hall–Kier alpha value is -0.120. The Morgan fingerprint density at radius 1 is 1.17 bits per heavy atom. The zero-order valence-electron chi connectivity index (χ0n) is 12.3. The molecule has 106 valence electrons. The molecule has 18 heavy (non-hydrogen) atoms. The minimum atomic E-state index is 0.829. The molecular formula is C15H31N3. The molecule has 1 saturated heterocycles. The third-order valence-corrected chi connectivity index (χ3v) is 4.79. The maximum atomic E-state index is 3.43. The summed E-state index contributed by atoms with van der Waals surface area (Å²) in [5.74, 6) is 0.975. The van der Waals surface area contributed by atoms with E-state index in [1.54, 1.807) is 0 Å². The fourth-order valence-corrected chi connectivity index (χ4v) is 3.72. The van der Waals surface area contributed by atoms with Gasteiger partial charge in [0.05, 0.1) is 0 Å². The normalized spacial score (nSPS) is 24.8. The lowest BCUT2D eigenvalue weighted by Crippen LogP contribution is -2.44. The van der Waals surface area contributed by atoms with Crippen molar-refractivity contribution in [2.75, 3.05) is 46.8 Å². The quantitative estimate of drug-likeness (QED) is 0.778. The maximum Gasteiger partial charge on any atom is 0.0118 e. The second-order valence-corrected chi connectivity index (χ2v) is 6.31. The lowest BCUT2D eigenvalue weighted by molar-refractivity contribution is 0.178. The zero-order valence-corrected chi connectivity index (χ0v) is 12.3. The first-order valence-corrected chi connectivity index (χ1v) is 7.87. The molecule has 2 fully saturated rings. The topological polar surface area (TPSA) is 18.5 Å². The molecule has 2 rings (SSSR count). The average Bonchev–Trinajstić information content (AvgIpc) is 2.89. The first kappa shape index (κ1) is 14.3. The lowest BCUT2D eigenvalue weighted by Gasteiger charge is -2.32. The summed E-state index contributed by atoms with van der Waals surface area (Å²) in [6.07, 6.45) is 8.63. The fraction of sp³-hybridized carbons (Fsp3) is 1.00. The van der Waals surface area contributed by atoms with Crippen LogP contribution in [0.15, 0.2) is 0 Å². The number of rotatable bonds is 6. The van der Waals surface area contributed by atoms with Crippen LogP contribution in [-0.2, 0) is 0 Å².